The Morgan fingerprint density at radius 3 is 2.30 bits per heavy atom. The Hall–Kier alpha value is -3.03. The van der Waals surface area contributed by atoms with Gasteiger partial charge in [0.15, 0.2) is 5.13 Å². The van der Waals surface area contributed by atoms with E-state index in [0.29, 0.717) is 29.4 Å². The van der Waals surface area contributed by atoms with E-state index in [-0.39, 0.29) is 5.91 Å². The van der Waals surface area contributed by atoms with Crippen LogP contribution in [0.4, 0.5) is 5.13 Å². The smallest absolute Gasteiger partial charge is 0.229 e. The van der Waals surface area contributed by atoms with Crippen molar-refractivity contribution in [3.8, 4) is 11.5 Å². The highest BCUT2D eigenvalue weighted by Crippen LogP contribution is 2.40. The summed E-state index contributed by atoms with van der Waals surface area (Å²) in [6.07, 6.45) is 1.25. The third kappa shape index (κ3) is 5.67. The number of carbonyl (C=O) groups excluding carboxylic acids is 1. The van der Waals surface area contributed by atoms with Crippen molar-refractivity contribution in [1.82, 2.24) is 4.98 Å². The molecule has 1 aromatic heterocycles. The zero-order valence-corrected chi connectivity index (χ0v) is 20.3. The fourth-order valence-electron chi connectivity index (χ4n) is 3.48. The lowest BCUT2D eigenvalue weighted by molar-refractivity contribution is -0.118. The first-order chi connectivity index (χ1) is 16.2. The maximum Gasteiger partial charge on any atom is 0.229 e. The van der Waals surface area contributed by atoms with Gasteiger partial charge in [0.2, 0.25) is 5.91 Å². The fourth-order valence-corrected chi connectivity index (χ4v) is 5.45. The van der Waals surface area contributed by atoms with Gasteiger partial charge in [-0.1, -0.05) is 59.9 Å². The first-order valence-electron chi connectivity index (χ1n) is 10.7. The number of thioether (sulfide) groups is 1. The number of ether oxygens (including phenoxy) is 2. The molecule has 0 aliphatic rings. The average molecular weight is 479 g/mol. The standard InChI is InChI=1S/C26H26N2O3S2/c1-30-21-15-16-22(31-2)25-24(21)27-26(33-25)28(18-19-10-5-3-6-11-19)23(29)14-9-17-32-20-12-7-4-8-13-20/h3-8,10-13,15-16H,9,14,17-18H2,1-2H3. The van der Waals surface area contributed by atoms with E-state index in [1.165, 1.54) is 16.2 Å². The molecule has 0 spiro atoms. The van der Waals surface area contributed by atoms with E-state index < -0.39 is 0 Å². The van der Waals surface area contributed by atoms with Crippen molar-refractivity contribution in [2.45, 2.75) is 24.3 Å². The molecule has 0 unspecified atom stereocenters. The minimum atomic E-state index is 0.0597. The molecule has 3 aromatic carbocycles. The number of amides is 1. The van der Waals surface area contributed by atoms with E-state index in [0.717, 1.165) is 28.2 Å². The molecule has 4 aromatic rings. The Labute approximate surface area is 202 Å². The molecular weight excluding hydrogens is 452 g/mol. The van der Waals surface area contributed by atoms with Crippen LogP contribution >= 0.6 is 23.1 Å². The number of methoxy groups -OCH3 is 2. The van der Waals surface area contributed by atoms with Gasteiger partial charge >= 0.3 is 0 Å². The lowest BCUT2D eigenvalue weighted by atomic mass is 10.2. The number of hydrogen-bond acceptors (Lipinski definition) is 6. The monoisotopic (exact) mass is 478 g/mol. The summed E-state index contributed by atoms with van der Waals surface area (Å²) >= 11 is 3.22. The summed E-state index contributed by atoms with van der Waals surface area (Å²) in [6.45, 7) is 0.468. The van der Waals surface area contributed by atoms with Crippen LogP contribution in [-0.4, -0.2) is 30.9 Å². The molecule has 0 N–H and O–H groups in total. The highest BCUT2D eigenvalue weighted by molar-refractivity contribution is 7.99. The third-order valence-corrected chi connectivity index (χ3v) is 7.35. The number of fused-ring (bicyclic) bond motifs is 1. The van der Waals surface area contributed by atoms with Crippen LogP contribution in [0.1, 0.15) is 18.4 Å². The average Bonchev–Trinajstić information content (AvgIpc) is 3.31. The van der Waals surface area contributed by atoms with Crippen molar-refractivity contribution >= 4 is 44.4 Å². The van der Waals surface area contributed by atoms with Gasteiger partial charge in [-0.3, -0.25) is 9.69 Å². The molecule has 0 saturated heterocycles. The number of aromatic nitrogens is 1. The van der Waals surface area contributed by atoms with Crippen LogP contribution in [0.15, 0.2) is 77.7 Å². The quantitative estimate of drug-likeness (QED) is 0.194. The van der Waals surface area contributed by atoms with Crippen LogP contribution < -0.4 is 14.4 Å². The largest absolute Gasteiger partial charge is 0.495 e. The predicted octanol–water partition coefficient (Wildman–Crippen LogP) is 6.42. The Morgan fingerprint density at radius 2 is 1.61 bits per heavy atom. The van der Waals surface area contributed by atoms with Crippen molar-refractivity contribution in [2.75, 3.05) is 24.9 Å². The predicted molar refractivity (Wildman–Crippen MR) is 137 cm³/mol. The second-order valence-corrected chi connectivity index (χ2v) is 9.52. The summed E-state index contributed by atoms with van der Waals surface area (Å²) in [5.41, 5.74) is 1.77. The second kappa shape index (κ2) is 11.2. The van der Waals surface area contributed by atoms with Gasteiger partial charge in [0.05, 0.1) is 20.8 Å². The molecule has 0 fully saturated rings. The summed E-state index contributed by atoms with van der Waals surface area (Å²) < 4.78 is 11.9. The van der Waals surface area contributed by atoms with Crippen molar-refractivity contribution < 1.29 is 14.3 Å². The molecule has 0 atom stereocenters. The number of rotatable bonds is 10. The lowest BCUT2D eigenvalue weighted by Crippen LogP contribution is -2.30. The van der Waals surface area contributed by atoms with Crippen LogP contribution in [0.2, 0.25) is 0 Å². The molecule has 33 heavy (non-hydrogen) atoms. The molecular formula is C26H26N2O3S2. The Balaban J connectivity index is 1.56. The van der Waals surface area contributed by atoms with Crippen molar-refractivity contribution in [3.05, 3.63) is 78.4 Å². The molecule has 7 heteroatoms. The van der Waals surface area contributed by atoms with Gasteiger partial charge in [-0.2, -0.15) is 0 Å². The zero-order chi connectivity index (χ0) is 23.0. The molecule has 1 amide bonds. The number of benzene rings is 3. The number of nitrogens with zero attached hydrogens (tertiary/aromatic N) is 2. The number of anilines is 1. The highest BCUT2D eigenvalue weighted by atomic mass is 32.2. The van der Waals surface area contributed by atoms with Crippen LogP contribution in [0.25, 0.3) is 10.2 Å². The summed E-state index contributed by atoms with van der Waals surface area (Å²) in [7, 11) is 3.26. The topological polar surface area (TPSA) is 51.7 Å². The molecule has 5 nitrogen and oxygen atoms in total. The van der Waals surface area contributed by atoms with Gasteiger partial charge in [-0.25, -0.2) is 4.98 Å². The lowest BCUT2D eigenvalue weighted by Gasteiger charge is -2.20. The Kier molecular flexibility index (Phi) is 7.86. The number of carbonyl (C=O) groups is 1. The van der Waals surface area contributed by atoms with Gasteiger partial charge in [-0.05, 0) is 42.0 Å². The van der Waals surface area contributed by atoms with Crippen LogP contribution in [0.3, 0.4) is 0 Å². The molecule has 0 bridgehead atoms. The van der Waals surface area contributed by atoms with Crippen LogP contribution in [0.5, 0.6) is 11.5 Å². The molecule has 0 radical (unpaired) electrons. The highest BCUT2D eigenvalue weighted by Gasteiger charge is 2.22. The Bertz CT molecular complexity index is 1160. The van der Waals surface area contributed by atoms with Crippen LogP contribution in [0, 0.1) is 0 Å². The van der Waals surface area contributed by atoms with E-state index in [9.17, 15) is 4.79 Å². The first-order valence-corrected chi connectivity index (χ1v) is 12.5. The summed E-state index contributed by atoms with van der Waals surface area (Å²) in [4.78, 5) is 21.2. The van der Waals surface area contributed by atoms with E-state index in [4.69, 9.17) is 14.5 Å². The second-order valence-electron chi connectivity index (χ2n) is 7.37. The van der Waals surface area contributed by atoms with E-state index >= 15 is 0 Å². The molecule has 0 saturated carbocycles. The van der Waals surface area contributed by atoms with Gasteiger partial charge in [0.1, 0.15) is 21.7 Å². The first kappa shape index (κ1) is 23.1. The van der Waals surface area contributed by atoms with E-state index in [1.807, 2.05) is 60.7 Å². The molecule has 170 valence electrons. The van der Waals surface area contributed by atoms with E-state index in [1.54, 1.807) is 30.9 Å². The SMILES string of the molecule is COc1ccc(OC)c2sc(N(Cc3ccccc3)C(=O)CCCSc3ccccc3)nc12. The van der Waals surface area contributed by atoms with Gasteiger partial charge in [-0.15, -0.1) is 11.8 Å². The van der Waals surface area contributed by atoms with Gasteiger partial charge in [0, 0.05) is 11.3 Å². The maximum atomic E-state index is 13.4. The minimum absolute atomic E-state index is 0.0597. The van der Waals surface area contributed by atoms with Crippen LogP contribution in [-0.2, 0) is 11.3 Å². The van der Waals surface area contributed by atoms with Crippen molar-refractivity contribution in [1.29, 1.82) is 0 Å². The molecule has 0 aliphatic heterocycles. The van der Waals surface area contributed by atoms with Gasteiger partial charge in [0.25, 0.3) is 0 Å². The fraction of sp³-hybridized carbons (Fsp3) is 0.231. The van der Waals surface area contributed by atoms with Crippen molar-refractivity contribution in [2.24, 2.45) is 0 Å². The minimum Gasteiger partial charge on any atom is -0.495 e. The van der Waals surface area contributed by atoms with E-state index in [2.05, 4.69) is 12.1 Å². The zero-order valence-electron chi connectivity index (χ0n) is 18.7. The summed E-state index contributed by atoms with van der Waals surface area (Å²) in [5.74, 6) is 2.33. The third-order valence-electron chi connectivity index (χ3n) is 5.16. The maximum absolute atomic E-state index is 13.4. The summed E-state index contributed by atoms with van der Waals surface area (Å²) in [5, 5.41) is 0.650. The van der Waals surface area contributed by atoms with Gasteiger partial charge < -0.3 is 9.47 Å². The number of hydrogen-bond donors (Lipinski definition) is 0. The molecule has 4 rings (SSSR count). The van der Waals surface area contributed by atoms with Crippen molar-refractivity contribution in [3.63, 3.8) is 0 Å². The molecule has 0 aliphatic carbocycles. The summed E-state index contributed by atoms with van der Waals surface area (Å²) in [6, 6.07) is 24.0. The molecule has 1 heterocycles. The Morgan fingerprint density at radius 1 is 0.939 bits per heavy atom. The number of thiazole rings is 1. The normalized spacial score (nSPS) is 10.8.